The number of rotatable bonds is 26. The number of carbonyl (C=O) groups is 5. The molecule has 6 atom stereocenters. The van der Waals surface area contributed by atoms with Crippen LogP contribution in [0.3, 0.4) is 0 Å². The summed E-state index contributed by atoms with van der Waals surface area (Å²) in [6.45, 7) is 23.6. The summed E-state index contributed by atoms with van der Waals surface area (Å²) in [7, 11) is 2.19. The second kappa shape index (κ2) is 29.4. The third-order valence-corrected chi connectivity index (χ3v) is 25.0. The first-order valence-corrected chi connectivity index (χ1v) is 38.7. The van der Waals surface area contributed by atoms with Crippen LogP contribution in [0.2, 0.25) is 0 Å². The number of nitrogens with zero attached hydrogens (tertiary/aromatic N) is 10. The van der Waals surface area contributed by atoms with Crippen molar-refractivity contribution in [2.24, 2.45) is 27.6 Å². The lowest BCUT2D eigenvalue weighted by Crippen LogP contribution is -2.64. The van der Waals surface area contributed by atoms with E-state index in [-0.39, 0.29) is 76.1 Å². The number of carboxylic acids is 1. The fraction of sp³-hybridized carbons (Fsp3) is 0.570. The number of para-hydroxylation sites is 1. The van der Waals surface area contributed by atoms with Gasteiger partial charge in [-0.25, -0.2) is 14.8 Å². The number of aliphatic hydroxyl groups excluding tert-OH is 1. The van der Waals surface area contributed by atoms with Gasteiger partial charge in [0, 0.05) is 90.9 Å². The van der Waals surface area contributed by atoms with Gasteiger partial charge in [-0.2, -0.15) is 5.10 Å². The summed E-state index contributed by atoms with van der Waals surface area (Å²) >= 11 is 3.26. The number of amides is 4. The minimum Gasteiger partial charge on any atom is -0.476 e. The highest BCUT2D eigenvalue weighted by atomic mass is 32.1. The topological polar surface area (TPSA) is 253 Å². The molecule has 0 radical (unpaired) electrons. The average Bonchev–Trinajstić information content (AvgIpc) is 0.725. The number of unbranched alkanes of at least 4 members (excludes halogenated alkanes) is 4. The van der Waals surface area contributed by atoms with Crippen LogP contribution >= 0.6 is 22.7 Å². The lowest BCUT2D eigenvalue weighted by Gasteiger charge is -2.69. The number of hydrogen-bond acceptors (Lipinski definition) is 17. The number of carboxylic acid groups (broad SMARTS) is 1. The normalized spacial score (nSPS) is 24.0. The summed E-state index contributed by atoms with van der Waals surface area (Å²) in [6, 6.07) is 19.9. The number of anilines is 4. The smallest absolute Gasteiger partial charge is 0.355 e. The minimum atomic E-state index is -1.10. The number of likely N-dealkylation sites (tertiary alicyclic amines) is 2. The second-order valence-corrected chi connectivity index (χ2v) is 34.6. The van der Waals surface area contributed by atoms with Crippen LogP contribution in [0.25, 0.3) is 31.8 Å². The van der Waals surface area contributed by atoms with E-state index in [9.17, 15) is 34.2 Å². The van der Waals surface area contributed by atoms with Crippen molar-refractivity contribution >= 4 is 85.1 Å². The molecule has 23 heteroatoms. The highest BCUT2D eigenvalue weighted by Gasteiger charge is 2.66. The number of piperidine rings is 1. The number of nitrogens with one attached hydrogen (secondary N) is 3. The highest BCUT2D eigenvalue weighted by molar-refractivity contribution is 7.22. The van der Waals surface area contributed by atoms with E-state index in [1.165, 1.54) is 21.8 Å². The van der Waals surface area contributed by atoms with E-state index in [1.807, 2.05) is 93.1 Å². The van der Waals surface area contributed by atoms with Crippen molar-refractivity contribution in [1.29, 1.82) is 0 Å². The van der Waals surface area contributed by atoms with E-state index in [0.717, 1.165) is 146 Å². The van der Waals surface area contributed by atoms with Gasteiger partial charge in [0.25, 0.3) is 0 Å². The maximum Gasteiger partial charge on any atom is 0.355 e. The van der Waals surface area contributed by atoms with E-state index in [2.05, 4.69) is 95.0 Å². The molecule has 5 N–H and O–H groups in total. The lowest BCUT2D eigenvalue weighted by molar-refractivity contribution is -0.248. The third kappa shape index (κ3) is 15.6. The molecule has 5 aromatic heterocycles. The molecule has 8 heterocycles. The Kier molecular flexibility index (Phi) is 21.0. The molecule has 4 amide bonds. The first kappa shape index (κ1) is 72.6. The van der Waals surface area contributed by atoms with Crippen LogP contribution < -0.4 is 20.9 Å². The molecule has 102 heavy (non-hydrogen) atoms. The number of β-amino-alcohol motifs (C(OH)–C–C–N with tert-alkyl or cyclic N) is 1. The number of aryl methyl sites for hydroxylation is 1. The fourth-order valence-corrected chi connectivity index (χ4v) is 20.7. The standard InChI is InChI=1S/C79H103N13O8S2/c1-49-31-38-101-66(49)54-25-23-53(24-26-54)51(3)81-71(96)61-39-56(93)41-91(61)72(97)67(75(5,6)7)84-70(95)55-29-34-89(35-30-55)64(94)22-14-12-11-13-17-32-88(10)36-37-100-79-45-76(8)42-77(9,46-79)44-78(43-76,47-79)48-92-52(4)59(40-80-92)58-27-28-63(83-65(58)73(98)99)90-33-18-19-57-50(2)68(86-87-69(57)90)85-74-82-60-20-15-16-21-62(60)102-74/h15-16,20-21,23-28,31,38,40,51,55-56,61,67,93H,11-14,17-19,22,29-30,32-37,39,41-48H2,1-10H3,(H,81,96)(H,84,95)(H,98,99)(H,82,85,86)/t51-,56+,61-,67+,76?,77?,78?,79?/m0/s1. The van der Waals surface area contributed by atoms with Crippen molar-refractivity contribution in [3.63, 3.8) is 0 Å². The molecule has 2 saturated heterocycles. The zero-order valence-corrected chi connectivity index (χ0v) is 62.8. The van der Waals surface area contributed by atoms with Crippen LogP contribution in [0.5, 0.6) is 0 Å². The molecule has 14 rings (SSSR count). The summed E-state index contributed by atoms with van der Waals surface area (Å²) in [5, 5.41) is 48.3. The molecular formula is C79H103N13O8S2. The SMILES string of the molecule is Cc1ccsc1-c1ccc([C@H](C)NC(=O)[C@@H]2C[C@@H](O)CN2C(=O)[C@@H](NC(=O)C2CCN(C(=O)CCCCCCCN(C)CCOC34CC5(C)CC(C)(CC(Cn6ncc(-c7ccc(N8CCCc9c8nnc(Nc8nc%10ccccc%10s8)c9C)nc7C(=O)O)c6C)(C5)C3)C4)CC2)C(C)(C)C)cc1. The van der Waals surface area contributed by atoms with E-state index in [1.54, 1.807) is 22.7 Å². The van der Waals surface area contributed by atoms with Gasteiger partial charge in [0.15, 0.2) is 22.5 Å². The number of likely N-dealkylation sites (N-methyl/N-ethyl adjacent to an activating group) is 1. The van der Waals surface area contributed by atoms with Crippen LogP contribution in [0.1, 0.15) is 189 Å². The number of aromatic nitrogens is 6. The van der Waals surface area contributed by atoms with Crippen molar-refractivity contribution in [3.8, 4) is 21.6 Å². The Balaban J connectivity index is 0.536. The van der Waals surface area contributed by atoms with Crippen LogP contribution in [0.4, 0.5) is 22.6 Å². The number of hydrogen-bond donors (Lipinski definition) is 5. The average molecular weight is 1430 g/mol. The van der Waals surface area contributed by atoms with Gasteiger partial charge in [0.2, 0.25) is 23.6 Å². The molecular weight excluding hydrogens is 1320 g/mol. The van der Waals surface area contributed by atoms with Gasteiger partial charge in [-0.3, -0.25) is 23.9 Å². The molecule has 7 aliphatic rings. The first-order chi connectivity index (χ1) is 48.7. The zero-order chi connectivity index (χ0) is 72.0. The number of aromatic carboxylic acids is 1. The monoisotopic (exact) mass is 1430 g/mol. The maximum absolute atomic E-state index is 14.4. The van der Waals surface area contributed by atoms with Gasteiger partial charge in [-0.1, -0.05) is 102 Å². The van der Waals surface area contributed by atoms with Crippen molar-refractivity contribution in [2.45, 2.75) is 208 Å². The van der Waals surface area contributed by atoms with Gasteiger partial charge in [0.05, 0.1) is 40.8 Å². The van der Waals surface area contributed by atoms with Crippen LogP contribution in [-0.4, -0.2) is 161 Å². The fourth-order valence-electron chi connectivity index (χ4n) is 18.9. The number of carbonyl (C=O) groups excluding carboxylic acids is 4. The molecule has 0 spiro atoms. The molecule has 7 aromatic rings. The van der Waals surface area contributed by atoms with E-state index in [0.29, 0.717) is 68.5 Å². The Labute approximate surface area is 608 Å². The first-order valence-electron chi connectivity index (χ1n) is 37.0. The summed E-state index contributed by atoms with van der Waals surface area (Å²) in [5.41, 5.74) is 7.81. The molecule has 4 bridgehead atoms. The molecule has 2 aromatic carbocycles. The van der Waals surface area contributed by atoms with E-state index < -0.39 is 29.6 Å². The third-order valence-electron chi connectivity index (χ3n) is 23.0. The van der Waals surface area contributed by atoms with Gasteiger partial charge >= 0.3 is 5.97 Å². The summed E-state index contributed by atoms with van der Waals surface area (Å²) < 4.78 is 10.4. The largest absolute Gasteiger partial charge is 0.476 e. The molecule has 3 aliphatic heterocycles. The predicted octanol–water partition coefficient (Wildman–Crippen LogP) is 13.5. The lowest BCUT2D eigenvalue weighted by atomic mass is 9.39. The minimum absolute atomic E-state index is 0.00113. The number of thiophene rings is 1. The molecule has 21 nitrogen and oxygen atoms in total. The number of benzene rings is 2. The molecule has 4 aliphatic carbocycles. The maximum atomic E-state index is 14.4. The number of fused-ring (bicyclic) bond motifs is 2. The van der Waals surface area contributed by atoms with Gasteiger partial charge in [-0.15, -0.1) is 21.5 Å². The zero-order valence-electron chi connectivity index (χ0n) is 61.2. The van der Waals surface area contributed by atoms with Crippen LogP contribution in [-0.2, 0) is 36.9 Å². The number of thiazole rings is 1. The van der Waals surface area contributed by atoms with Gasteiger partial charge in [-0.05, 0) is 192 Å². The Bertz CT molecular complexity index is 4200. The summed E-state index contributed by atoms with van der Waals surface area (Å²) in [5.74, 6) is -0.440. The summed E-state index contributed by atoms with van der Waals surface area (Å²) in [6.07, 6.45) is 15.7. The van der Waals surface area contributed by atoms with E-state index >= 15 is 0 Å². The van der Waals surface area contributed by atoms with Crippen molar-refractivity contribution in [1.82, 2.24) is 55.3 Å². The van der Waals surface area contributed by atoms with Crippen molar-refractivity contribution in [2.75, 3.05) is 63.1 Å². The number of aliphatic hydroxyl groups is 1. The van der Waals surface area contributed by atoms with E-state index in [4.69, 9.17) is 24.9 Å². The highest BCUT2D eigenvalue weighted by Crippen LogP contribution is 2.72. The molecule has 2 unspecified atom stereocenters. The molecule has 6 fully saturated rings. The molecule has 544 valence electrons. The summed E-state index contributed by atoms with van der Waals surface area (Å²) in [4.78, 5) is 87.4. The van der Waals surface area contributed by atoms with Crippen LogP contribution in [0.15, 0.2) is 78.3 Å². The Morgan fingerprint density at radius 1 is 0.814 bits per heavy atom. The predicted molar refractivity (Wildman–Crippen MR) is 400 cm³/mol. The molecule has 4 saturated carbocycles. The van der Waals surface area contributed by atoms with Gasteiger partial charge in [0.1, 0.15) is 17.9 Å². The number of ether oxygens (including phenoxy) is 1. The number of pyridine rings is 1. The Hall–Kier alpha value is -7.70. The van der Waals surface area contributed by atoms with Crippen LogP contribution in [0, 0.1) is 48.3 Å². The Morgan fingerprint density at radius 3 is 2.26 bits per heavy atom. The van der Waals surface area contributed by atoms with Crippen molar-refractivity contribution < 1.29 is 38.9 Å². The quantitative estimate of drug-likeness (QED) is 0.0316. The van der Waals surface area contributed by atoms with Gasteiger partial charge < -0.3 is 50.5 Å². The van der Waals surface area contributed by atoms with Crippen molar-refractivity contribution in [3.05, 3.63) is 112 Å². The Morgan fingerprint density at radius 2 is 1.55 bits per heavy atom. The second-order valence-electron chi connectivity index (χ2n) is 32.7.